The number of H-pyrrole nitrogens is 1. The van der Waals surface area contributed by atoms with Crippen molar-refractivity contribution in [2.75, 3.05) is 17.7 Å². The van der Waals surface area contributed by atoms with Crippen molar-refractivity contribution in [1.82, 2.24) is 19.7 Å². The summed E-state index contributed by atoms with van der Waals surface area (Å²) >= 11 is 1.19. The third-order valence-electron chi connectivity index (χ3n) is 5.09. The zero-order valence-corrected chi connectivity index (χ0v) is 18.6. The predicted octanol–water partition coefficient (Wildman–Crippen LogP) is 3.00. The molecule has 0 spiro atoms. The Balaban J connectivity index is 1.39. The highest BCUT2D eigenvalue weighted by molar-refractivity contribution is 7.99. The van der Waals surface area contributed by atoms with E-state index in [9.17, 15) is 9.59 Å². The molecule has 33 heavy (non-hydrogen) atoms. The van der Waals surface area contributed by atoms with Crippen molar-refractivity contribution in [3.8, 4) is 11.5 Å². The van der Waals surface area contributed by atoms with Gasteiger partial charge in [-0.1, -0.05) is 36.0 Å². The van der Waals surface area contributed by atoms with Gasteiger partial charge in [0.15, 0.2) is 28.6 Å². The number of fused-ring (bicyclic) bond motifs is 2. The van der Waals surface area contributed by atoms with E-state index in [2.05, 4.69) is 20.5 Å². The van der Waals surface area contributed by atoms with E-state index in [0.717, 1.165) is 5.69 Å². The molecule has 1 atom stereocenters. The van der Waals surface area contributed by atoms with E-state index < -0.39 is 0 Å². The molecule has 1 amide bonds. The van der Waals surface area contributed by atoms with Gasteiger partial charge < -0.3 is 14.8 Å². The predicted molar refractivity (Wildman–Crippen MR) is 125 cm³/mol. The number of aromatic nitrogens is 4. The number of benzene rings is 2. The second kappa shape index (κ2) is 8.99. The van der Waals surface area contributed by atoms with E-state index >= 15 is 0 Å². The molecule has 4 aromatic rings. The Morgan fingerprint density at radius 2 is 2.00 bits per heavy atom. The lowest BCUT2D eigenvalue weighted by Gasteiger charge is -2.27. The molecule has 1 aliphatic rings. The van der Waals surface area contributed by atoms with Crippen LogP contribution in [-0.2, 0) is 11.3 Å². The molecule has 0 saturated carbocycles. The minimum absolute atomic E-state index is 0.0710. The SMILES string of the molecule is Cc1cc(NC(=O)CSc2nc3ccccc3c(=O)n2CC2COc3ccccc3O2)n[nH]1. The summed E-state index contributed by atoms with van der Waals surface area (Å²) in [5.74, 6) is 1.60. The number of anilines is 1. The Morgan fingerprint density at radius 3 is 2.82 bits per heavy atom. The summed E-state index contributed by atoms with van der Waals surface area (Å²) in [7, 11) is 0. The number of carbonyl (C=O) groups excluding carboxylic acids is 1. The van der Waals surface area contributed by atoms with Crippen LogP contribution in [-0.4, -0.2) is 44.1 Å². The van der Waals surface area contributed by atoms with E-state index in [4.69, 9.17) is 9.47 Å². The third kappa shape index (κ3) is 4.56. The van der Waals surface area contributed by atoms with Crippen LogP contribution in [0.15, 0.2) is 64.5 Å². The van der Waals surface area contributed by atoms with Crippen LogP contribution in [0.25, 0.3) is 10.9 Å². The molecule has 10 heteroatoms. The first-order valence-electron chi connectivity index (χ1n) is 10.4. The molecule has 9 nitrogen and oxygen atoms in total. The van der Waals surface area contributed by atoms with Gasteiger partial charge >= 0.3 is 0 Å². The van der Waals surface area contributed by atoms with Gasteiger partial charge in [0, 0.05) is 11.8 Å². The highest BCUT2D eigenvalue weighted by Gasteiger charge is 2.24. The van der Waals surface area contributed by atoms with Crippen molar-refractivity contribution in [2.45, 2.75) is 24.7 Å². The Morgan fingerprint density at radius 1 is 1.21 bits per heavy atom. The number of aromatic amines is 1. The topological polar surface area (TPSA) is 111 Å². The van der Waals surface area contributed by atoms with Crippen LogP contribution in [0.1, 0.15) is 5.69 Å². The fourth-order valence-corrected chi connectivity index (χ4v) is 4.38. The van der Waals surface area contributed by atoms with E-state index in [0.29, 0.717) is 40.0 Å². The number of nitrogens with zero attached hydrogens (tertiary/aromatic N) is 3. The van der Waals surface area contributed by atoms with Gasteiger partial charge in [-0.3, -0.25) is 19.3 Å². The normalized spacial score (nSPS) is 14.9. The van der Waals surface area contributed by atoms with Crippen LogP contribution in [0.2, 0.25) is 0 Å². The number of para-hydroxylation sites is 3. The molecular weight excluding hydrogens is 442 g/mol. The molecule has 2 aromatic heterocycles. The van der Waals surface area contributed by atoms with Crippen LogP contribution < -0.4 is 20.3 Å². The smallest absolute Gasteiger partial charge is 0.262 e. The van der Waals surface area contributed by atoms with Crippen LogP contribution in [0.5, 0.6) is 11.5 Å². The maximum Gasteiger partial charge on any atom is 0.262 e. The monoisotopic (exact) mass is 463 g/mol. The van der Waals surface area contributed by atoms with Crippen LogP contribution in [0, 0.1) is 6.92 Å². The van der Waals surface area contributed by atoms with Crippen molar-refractivity contribution >= 4 is 34.4 Å². The minimum Gasteiger partial charge on any atom is -0.486 e. The Labute approximate surface area is 193 Å². The molecule has 1 unspecified atom stereocenters. The number of nitrogens with one attached hydrogen (secondary N) is 2. The van der Waals surface area contributed by atoms with Crippen LogP contribution in [0.4, 0.5) is 5.82 Å². The minimum atomic E-state index is -0.374. The first-order valence-corrected chi connectivity index (χ1v) is 11.4. The molecule has 168 valence electrons. The number of carbonyl (C=O) groups is 1. The van der Waals surface area contributed by atoms with Crippen molar-refractivity contribution in [3.63, 3.8) is 0 Å². The van der Waals surface area contributed by atoms with Gasteiger partial charge in [-0.15, -0.1) is 0 Å². The first-order chi connectivity index (χ1) is 16.1. The molecular formula is C23H21N5O4S. The highest BCUT2D eigenvalue weighted by Crippen LogP contribution is 2.31. The van der Waals surface area contributed by atoms with Crippen LogP contribution >= 0.6 is 11.8 Å². The second-order valence-corrected chi connectivity index (χ2v) is 8.54. The lowest BCUT2D eigenvalue weighted by atomic mass is 10.2. The molecule has 5 rings (SSSR count). The zero-order chi connectivity index (χ0) is 22.8. The molecule has 0 aliphatic carbocycles. The fraction of sp³-hybridized carbons (Fsp3) is 0.217. The lowest BCUT2D eigenvalue weighted by Crippen LogP contribution is -2.37. The van der Waals surface area contributed by atoms with Crippen molar-refractivity contribution in [3.05, 3.63) is 70.6 Å². The number of hydrogen-bond acceptors (Lipinski definition) is 7. The van der Waals surface area contributed by atoms with Gasteiger partial charge in [0.05, 0.1) is 23.2 Å². The number of aryl methyl sites for hydroxylation is 1. The quantitative estimate of drug-likeness (QED) is 0.334. The second-order valence-electron chi connectivity index (χ2n) is 7.60. The first kappa shape index (κ1) is 21.1. The zero-order valence-electron chi connectivity index (χ0n) is 17.8. The maximum absolute atomic E-state index is 13.3. The summed E-state index contributed by atoms with van der Waals surface area (Å²) in [5, 5.41) is 10.5. The summed E-state index contributed by atoms with van der Waals surface area (Å²) < 4.78 is 13.4. The highest BCUT2D eigenvalue weighted by atomic mass is 32.2. The summed E-state index contributed by atoms with van der Waals surface area (Å²) in [4.78, 5) is 30.4. The molecule has 0 bridgehead atoms. The van der Waals surface area contributed by atoms with Crippen molar-refractivity contribution < 1.29 is 14.3 Å². The van der Waals surface area contributed by atoms with Gasteiger partial charge in [0.25, 0.3) is 5.56 Å². The van der Waals surface area contributed by atoms with Gasteiger partial charge in [-0.2, -0.15) is 5.10 Å². The molecule has 0 saturated heterocycles. The Bertz CT molecular complexity index is 1380. The lowest BCUT2D eigenvalue weighted by molar-refractivity contribution is -0.113. The van der Waals surface area contributed by atoms with Crippen molar-refractivity contribution in [2.24, 2.45) is 0 Å². The van der Waals surface area contributed by atoms with Crippen molar-refractivity contribution in [1.29, 1.82) is 0 Å². The fourth-order valence-electron chi connectivity index (χ4n) is 3.57. The summed E-state index contributed by atoms with van der Waals surface area (Å²) in [6.45, 7) is 2.40. The van der Waals surface area contributed by atoms with E-state index in [1.807, 2.05) is 37.3 Å². The number of hydrogen-bond donors (Lipinski definition) is 2. The summed E-state index contributed by atoms with van der Waals surface area (Å²) in [6.07, 6.45) is -0.374. The van der Waals surface area contributed by atoms with E-state index in [1.54, 1.807) is 28.8 Å². The molecule has 2 aromatic carbocycles. The van der Waals surface area contributed by atoms with E-state index in [-0.39, 0.29) is 29.9 Å². The molecule has 0 fully saturated rings. The molecule has 0 radical (unpaired) electrons. The molecule has 2 N–H and O–H groups in total. The number of rotatable bonds is 6. The van der Waals surface area contributed by atoms with Gasteiger partial charge in [-0.25, -0.2) is 4.98 Å². The van der Waals surface area contributed by atoms with Crippen LogP contribution in [0.3, 0.4) is 0 Å². The van der Waals surface area contributed by atoms with Gasteiger partial charge in [0.1, 0.15) is 6.61 Å². The third-order valence-corrected chi connectivity index (χ3v) is 6.06. The Kier molecular flexibility index (Phi) is 5.74. The standard InChI is InChI=1S/C23H21N5O4S/c1-14-10-20(27-26-14)25-21(29)13-33-23-24-17-7-3-2-6-16(17)22(30)28(23)11-15-12-31-18-8-4-5-9-19(18)32-15/h2-10,15H,11-13H2,1H3,(H2,25,26,27,29). The number of amides is 1. The largest absolute Gasteiger partial charge is 0.486 e. The van der Waals surface area contributed by atoms with Gasteiger partial charge in [-0.05, 0) is 31.2 Å². The summed E-state index contributed by atoms with van der Waals surface area (Å²) in [5.41, 5.74) is 1.24. The average Bonchev–Trinajstić information content (AvgIpc) is 3.24. The van der Waals surface area contributed by atoms with Gasteiger partial charge in [0.2, 0.25) is 5.91 Å². The molecule has 1 aliphatic heterocycles. The number of thioether (sulfide) groups is 1. The summed E-state index contributed by atoms with van der Waals surface area (Å²) in [6, 6.07) is 16.3. The van der Waals surface area contributed by atoms with E-state index in [1.165, 1.54) is 11.8 Å². The number of ether oxygens (including phenoxy) is 2. The maximum atomic E-state index is 13.3. The Hall–Kier alpha value is -3.79. The average molecular weight is 464 g/mol. The molecule has 3 heterocycles.